The van der Waals surface area contributed by atoms with Crippen LogP contribution in [0.1, 0.15) is 10.6 Å². The lowest BCUT2D eigenvalue weighted by molar-refractivity contribution is -0.385. The van der Waals surface area contributed by atoms with Crippen molar-refractivity contribution in [3.8, 4) is 11.5 Å². The number of para-hydroxylation sites is 1. The zero-order chi connectivity index (χ0) is 23.2. The van der Waals surface area contributed by atoms with Crippen LogP contribution in [0, 0.1) is 10.1 Å². The van der Waals surface area contributed by atoms with Gasteiger partial charge in [-0.3, -0.25) is 20.2 Å². The van der Waals surface area contributed by atoms with E-state index >= 15 is 0 Å². The van der Waals surface area contributed by atoms with Crippen LogP contribution in [0.4, 0.5) is 21.3 Å². The number of benzene rings is 2. The molecule has 33 heavy (non-hydrogen) atoms. The summed E-state index contributed by atoms with van der Waals surface area (Å²) in [6.45, 7) is -0.0313. The number of ether oxygens (including phenoxy) is 2. The second kappa shape index (κ2) is 9.69. The maximum absolute atomic E-state index is 12.1. The number of hydrazone groups is 1. The summed E-state index contributed by atoms with van der Waals surface area (Å²) in [4.78, 5) is 34.8. The summed E-state index contributed by atoms with van der Waals surface area (Å²) in [7, 11) is 0. The number of amides is 3. The molecule has 2 aromatic carbocycles. The molecule has 0 bridgehead atoms. The van der Waals surface area contributed by atoms with Crippen molar-refractivity contribution >= 4 is 46.0 Å². The van der Waals surface area contributed by atoms with E-state index in [0.29, 0.717) is 16.4 Å². The maximum atomic E-state index is 12.1. The van der Waals surface area contributed by atoms with E-state index in [9.17, 15) is 19.7 Å². The molecule has 0 saturated carbocycles. The first-order valence-corrected chi connectivity index (χ1v) is 10.1. The lowest BCUT2D eigenvalue weighted by Crippen LogP contribution is -2.19. The van der Waals surface area contributed by atoms with E-state index in [1.165, 1.54) is 12.1 Å². The van der Waals surface area contributed by atoms with Gasteiger partial charge in [0, 0.05) is 5.69 Å². The monoisotopic (exact) mass is 469 g/mol. The molecule has 0 aliphatic carbocycles. The van der Waals surface area contributed by atoms with Gasteiger partial charge in [-0.1, -0.05) is 29.5 Å². The van der Waals surface area contributed by atoms with Crippen LogP contribution < -0.4 is 25.5 Å². The Kier molecular flexibility index (Phi) is 6.36. The van der Waals surface area contributed by atoms with Crippen LogP contribution in [-0.4, -0.2) is 40.1 Å². The number of nitro benzene ring substituents is 1. The third kappa shape index (κ3) is 5.56. The minimum absolute atomic E-state index is 0.0313. The summed E-state index contributed by atoms with van der Waals surface area (Å²) < 4.78 is 10.3. The van der Waals surface area contributed by atoms with E-state index < -0.39 is 16.9 Å². The molecule has 1 aromatic heterocycles. The highest BCUT2D eigenvalue weighted by Crippen LogP contribution is 2.37. The molecule has 0 radical (unpaired) electrons. The van der Waals surface area contributed by atoms with E-state index in [2.05, 4.69) is 31.4 Å². The molecule has 3 N–H and O–H groups in total. The van der Waals surface area contributed by atoms with E-state index in [4.69, 9.17) is 9.47 Å². The summed E-state index contributed by atoms with van der Waals surface area (Å²) in [6, 6.07) is 11.0. The molecule has 0 fully saturated rings. The molecule has 1 aliphatic heterocycles. The number of aromatic nitrogens is 2. The molecule has 168 valence electrons. The van der Waals surface area contributed by atoms with E-state index in [1.807, 2.05) is 6.07 Å². The lowest BCUT2D eigenvalue weighted by atomic mass is 10.1. The zero-order valence-electron chi connectivity index (χ0n) is 16.7. The van der Waals surface area contributed by atoms with Gasteiger partial charge >= 0.3 is 6.03 Å². The van der Waals surface area contributed by atoms with Gasteiger partial charge in [0.25, 0.3) is 5.69 Å². The molecule has 0 unspecified atom stereocenters. The summed E-state index contributed by atoms with van der Waals surface area (Å²) >= 11 is 1.02. The summed E-state index contributed by atoms with van der Waals surface area (Å²) in [5.41, 5.74) is 2.77. The number of rotatable bonds is 7. The molecule has 4 rings (SSSR count). The van der Waals surface area contributed by atoms with E-state index in [-0.39, 0.29) is 35.3 Å². The van der Waals surface area contributed by atoms with Crippen molar-refractivity contribution in [2.24, 2.45) is 5.10 Å². The SMILES string of the molecule is O=C(Cc1nnc(NC(=O)Nc2ccccc2)s1)NN=Cc1cc2c(cc1[N+](=O)[O-])OCO2. The van der Waals surface area contributed by atoms with Gasteiger partial charge in [0.2, 0.25) is 17.8 Å². The number of carbonyl (C=O) groups excluding carboxylic acids is 2. The van der Waals surface area contributed by atoms with Crippen molar-refractivity contribution in [1.82, 2.24) is 15.6 Å². The van der Waals surface area contributed by atoms with Crippen molar-refractivity contribution in [3.63, 3.8) is 0 Å². The van der Waals surface area contributed by atoms with Crippen molar-refractivity contribution < 1.29 is 24.0 Å². The zero-order valence-corrected chi connectivity index (χ0v) is 17.5. The van der Waals surface area contributed by atoms with Crippen molar-refractivity contribution in [3.05, 3.63) is 63.1 Å². The normalized spacial score (nSPS) is 11.9. The van der Waals surface area contributed by atoms with Crippen LogP contribution in [0.5, 0.6) is 11.5 Å². The number of nitrogens with one attached hydrogen (secondary N) is 3. The van der Waals surface area contributed by atoms with Crippen molar-refractivity contribution in [1.29, 1.82) is 0 Å². The molecule has 2 heterocycles. The van der Waals surface area contributed by atoms with Crippen molar-refractivity contribution in [2.75, 3.05) is 17.4 Å². The average Bonchev–Trinajstić information content (AvgIpc) is 3.42. The van der Waals surface area contributed by atoms with Gasteiger partial charge in [0.15, 0.2) is 11.5 Å². The number of urea groups is 1. The fourth-order valence-electron chi connectivity index (χ4n) is 2.72. The van der Waals surface area contributed by atoms with Crippen LogP contribution in [0.15, 0.2) is 47.6 Å². The molecular weight excluding hydrogens is 454 g/mol. The number of anilines is 2. The molecule has 3 aromatic rings. The van der Waals surface area contributed by atoms with Gasteiger partial charge in [0.05, 0.1) is 29.2 Å². The third-order valence-electron chi connectivity index (χ3n) is 4.14. The Hall–Kier alpha value is -4.59. The molecule has 0 saturated heterocycles. The van der Waals surface area contributed by atoms with Gasteiger partial charge in [-0.25, -0.2) is 10.2 Å². The van der Waals surface area contributed by atoms with Crippen LogP contribution in [0.25, 0.3) is 0 Å². The van der Waals surface area contributed by atoms with Crippen LogP contribution in [0.2, 0.25) is 0 Å². The fraction of sp³-hybridized carbons (Fsp3) is 0.105. The standard InChI is InChI=1S/C19H15N7O6S/c27-16(23-20-9-11-6-14-15(32-10-31-14)7-13(11)26(29)30)8-17-24-25-19(33-17)22-18(28)21-12-4-2-1-3-5-12/h1-7,9H,8,10H2,(H,23,27)(H2,21,22,25,28). The molecular formula is C19H15N7O6S. The molecule has 3 amide bonds. The highest BCUT2D eigenvalue weighted by atomic mass is 32.1. The lowest BCUT2D eigenvalue weighted by Gasteiger charge is -2.03. The van der Waals surface area contributed by atoms with Crippen LogP contribution in [0.3, 0.4) is 0 Å². The smallest absolute Gasteiger partial charge is 0.325 e. The number of nitro groups is 1. The number of hydrogen-bond donors (Lipinski definition) is 3. The largest absolute Gasteiger partial charge is 0.454 e. The molecule has 14 heteroatoms. The minimum atomic E-state index is -0.588. The molecule has 0 spiro atoms. The summed E-state index contributed by atoms with van der Waals surface area (Å²) in [6.07, 6.45) is 0.985. The van der Waals surface area contributed by atoms with Crippen molar-refractivity contribution in [2.45, 2.75) is 6.42 Å². The van der Waals surface area contributed by atoms with Gasteiger partial charge in [-0.15, -0.1) is 10.2 Å². The second-order valence-electron chi connectivity index (χ2n) is 6.44. The Morgan fingerprint density at radius 1 is 1.15 bits per heavy atom. The van der Waals surface area contributed by atoms with Crippen LogP contribution >= 0.6 is 11.3 Å². The highest BCUT2D eigenvalue weighted by molar-refractivity contribution is 7.15. The fourth-order valence-corrected chi connectivity index (χ4v) is 3.45. The Morgan fingerprint density at radius 3 is 2.67 bits per heavy atom. The Morgan fingerprint density at radius 2 is 1.91 bits per heavy atom. The third-order valence-corrected chi connectivity index (χ3v) is 4.98. The Balaban J connectivity index is 1.31. The number of fused-ring (bicyclic) bond motifs is 1. The van der Waals surface area contributed by atoms with E-state index in [0.717, 1.165) is 17.6 Å². The van der Waals surface area contributed by atoms with E-state index in [1.54, 1.807) is 24.3 Å². The van der Waals surface area contributed by atoms with Gasteiger partial charge in [-0.2, -0.15) is 5.10 Å². The first-order chi connectivity index (χ1) is 16.0. The first-order valence-electron chi connectivity index (χ1n) is 9.33. The van der Waals surface area contributed by atoms with Gasteiger partial charge in [-0.05, 0) is 18.2 Å². The number of carbonyl (C=O) groups is 2. The number of nitrogens with zero attached hydrogens (tertiary/aromatic N) is 4. The quantitative estimate of drug-likeness (QED) is 0.269. The van der Waals surface area contributed by atoms with Gasteiger partial charge in [0.1, 0.15) is 5.01 Å². The Bertz CT molecular complexity index is 1230. The first kappa shape index (κ1) is 21.6. The maximum Gasteiger partial charge on any atom is 0.325 e. The predicted molar refractivity (Wildman–Crippen MR) is 118 cm³/mol. The Labute approximate surface area is 189 Å². The average molecular weight is 469 g/mol. The second-order valence-corrected chi connectivity index (χ2v) is 7.50. The summed E-state index contributed by atoms with van der Waals surface area (Å²) in [5, 5.41) is 28.4. The van der Waals surface area contributed by atoms with Crippen LogP contribution in [-0.2, 0) is 11.2 Å². The molecule has 0 atom stereocenters. The molecule has 13 nitrogen and oxygen atoms in total. The number of hydrogen-bond acceptors (Lipinski definition) is 10. The summed E-state index contributed by atoms with van der Waals surface area (Å²) in [5.74, 6) is 0.0886. The highest BCUT2D eigenvalue weighted by Gasteiger charge is 2.22. The topological polar surface area (TPSA) is 170 Å². The predicted octanol–water partition coefficient (Wildman–Crippen LogP) is 2.51. The molecule has 1 aliphatic rings. The van der Waals surface area contributed by atoms with Gasteiger partial charge < -0.3 is 14.8 Å². The minimum Gasteiger partial charge on any atom is -0.454 e.